The normalized spacial score (nSPS) is 12.2. The first kappa shape index (κ1) is 14.4. The Morgan fingerprint density at radius 2 is 1.83 bits per heavy atom. The third kappa shape index (κ3) is 4.67. The Morgan fingerprint density at radius 1 is 1.22 bits per heavy atom. The summed E-state index contributed by atoms with van der Waals surface area (Å²) in [4.78, 5) is 23.1. The van der Waals surface area contributed by atoms with Crippen molar-refractivity contribution in [3.8, 4) is 0 Å². The largest absolute Gasteiger partial charge is 0.348 e. The van der Waals surface area contributed by atoms with E-state index >= 15 is 0 Å². The number of carbonyl (C=O) groups excluding carboxylic acids is 2. The molecule has 1 atom stereocenters. The molecule has 0 fully saturated rings. The number of amides is 1. The van der Waals surface area contributed by atoms with Crippen LogP contribution in [0.3, 0.4) is 0 Å². The molecular formula is C14H20N2O2. The van der Waals surface area contributed by atoms with Gasteiger partial charge in [-0.05, 0) is 12.0 Å². The quantitative estimate of drug-likeness (QED) is 0.785. The lowest BCUT2D eigenvalue weighted by Gasteiger charge is -2.12. The van der Waals surface area contributed by atoms with Crippen LogP contribution in [0.5, 0.6) is 0 Å². The van der Waals surface area contributed by atoms with E-state index in [1.54, 1.807) is 13.8 Å². The van der Waals surface area contributed by atoms with Crippen LogP contribution >= 0.6 is 0 Å². The third-order valence-corrected chi connectivity index (χ3v) is 2.72. The van der Waals surface area contributed by atoms with E-state index in [-0.39, 0.29) is 24.2 Å². The molecular weight excluding hydrogens is 228 g/mol. The van der Waals surface area contributed by atoms with Gasteiger partial charge in [-0.1, -0.05) is 44.2 Å². The van der Waals surface area contributed by atoms with Crippen LogP contribution in [0.4, 0.5) is 0 Å². The summed E-state index contributed by atoms with van der Waals surface area (Å²) in [5, 5.41) is 2.57. The highest BCUT2D eigenvalue weighted by atomic mass is 16.2. The summed E-state index contributed by atoms with van der Waals surface area (Å²) in [6, 6.07) is 8.95. The molecule has 4 heteroatoms. The molecule has 1 aromatic carbocycles. The van der Waals surface area contributed by atoms with Crippen molar-refractivity contribution in [2.75, 3.05) is 6.54 Å². The summed E-state index contributed by atoms with van der Waals surface area (Å²) in [6.07, 6.45) is 0.475. The fraction of sp³-hybridized carbons (Fsp3) is 0.429. The molecule has 0 aliphatic rings. The second-order valence-corrected chi connectivity index (χ2v) is 4.64. The molecule has 1 aromatic rings. The maximum Gasteiger partial charge on any atom is 0.237 e. The summed E-state index contributed by atoms with van der Waals surface area (Å²) in [5.74, 6) is -0.348. The molecule has 18 heavy (non-hydrogen) atoms. The molecule has 0 spiro atoms. The van der Waals surface area contributed by atoms with Gasteiger partial charge in [-0.3, -0.25) is 9.59 Å². The van der Waals surface area contributed by atoms with E-state index in [9.17, 15) is 9.59 Å². The van der Waals surface area contributed by atoms with Gasteiger partial charge in [0, 0.05) is 5.92 Å². The van der Waals surface area contributed by atoms with Crippen molar-refractivity contribution in [1.82, 2.24) is 5.32 Å². The van der Waals surface area contributed by atoms with Crippen LogP contribution in [0.15, 0.2) is 30.3 Å². The molecule has 98 valence electrons. The first-order chi connectivity index (χ1) is 8.50. The molecule has 0 aliphatic heterocycles. The molecule has 3 N–H and O–H groups in total. The minimum absolute atomic E-state index is 0.00950. The van der Waals surface area contributed by atoms with Crippen molar-refractivity contribution >= 4 is 11.7 Å². The monoisotopic (exact) mass is 248 g/mol. The van der Waals surface area contributed by atoms with Crippen LogP contribution in [0.1, 0.15) is 19.4 Å². The van der Waals surface area contributed by atoms with Gasteiger partial charge in [-0.25, -0.2) is 0 Å². The Kier molecular flexibility index (Phi) is 5.52. The fourth-order valence-electron chi connectivity index (χ4n) is 1.47. The smallest absolute Gasteiger partial charge is 0.237 e. The number of nitrogens with one attached hydrogen (secondary N) is 1. The highest BCUT2D eigenvalue weighted by Gasteiger charge is 2.15. The van der Waals surface area contributed by atoms with E-state index < -0.39 is 6.04 Å². The molecule has 1 amide bonds. The van der Waals surface area contributed by atoms with E-state index in [0.29, 0.717) is 6.42 Å². The van der Waals surface area contributed by atoms with Gasteiger partial charge in [-0.2, -0.15) is 0 Å². The van der Waals surface area contributed by atoms with Gasteiger partial charge in [0.05, 0.1) is 12.6 Å². The summed E-state index contributed by atoms with van der Waals surface area (Å²) >= 11 is 0. The highest BCUT2D eigenvalue weighted by molar-refractivity contribution is 5.89. The Bertz CT molecular complexity index is 402. The summed E-state index contributed by atoms with van der Waals surface area (Å²) in [6.45, 7) is 3.66. The number of benzene rings is 1. The van der Waals surface area contributed by atoms with Gasteiger partial charge in [-0.15, -0.1) is 0 Å². The number of rotatable bonds is 6. The lowest BCUT2D eigenvalue weighted by molar-refractivity contribution is -0.127. The van der Waals surface area contributed by atoms with Gasteiger partial charge in [0.2, 0.25) is 5.91 Å². The van der Waals surface area contributed by atoms with Crippen molar-refractivity contribution in [2.24, 2.45) is 11.7 Å². The minimum atomic E-state index is -0.618. The molecule has 0 unspecified atom stereocenters. The van der Waals surface area contributed by atoms with Crippen molar-refractivity contribution in [2.45, 2.75) is 26.3 Å². The Balaban J connectivity index is 2.40. The maximum absolute atomic E-state index is 11.7. The van der Waals surface area contributed by atoms with E-state index in [0.717, 1.165) is 5.56 Å². The molecule has 0 heterocycles. The predicted octanol–water partition coefficient (Wildman–Crippen LogP) is 0.898. The minimum Gasteiger partial charge on any atom is -0.348 e. The van der Waals surface area contributed by atoms with E-state index in [1.165, 1.54) is 0 Å². The van der Waals surface area contributed by atoms with Crippen molar-refractivity contribution < 1.29 is 9.59 Å². The second kappa shape index (κ2) is 6.91. The Morgan fingerprint density at radius 3 is 2.39 bits per heavy atom. The van der Waals surface area contributed by atoms with Crippen molar-refractivity contribution in [3.63, 3.8) is 0 Å². The van der Waals surface area contributed by atoms with Gasteiger partial charge < -0.3 is 11.1 Å². The molecule has 0 radical (unpaired) electrons. The number of hydrogen-bond acceptors (Lipinski definition) is 3. The zero-order valence-electron chi connectivity index (χ0n) is 10.8. The number of hydrogen-bond donors (Lipinski definition) is 2. The maximum atomic E-state index is 11.7. The molecule has 0 aromatic heterocycles. The first-order valence-electron chi connectivity index (χ1n) is 6.10. The predicted molar refractivity (Wildman–Crippen MR) is 71.0 cm³/mol. The SMILES string of the molecule is CC(C)C(=O)CNC(=O)[C@@H](N)Cc1ccccc1. The van der Waals surface area contributed by atoms with Gasteiger partial charge in [0.15, 0.2) is 5.78 Å². The Hall–Kier alpha value is -1.68. The van der Waals surface area contributed by atoms with Gasteiger partial charge in [0.1, 0.15) is 0 Å². The molecule has 0 saturated heterocycles. The molecule has 4 nitrogen and oxygen atoms in total. The lowest BCUT2D eigenvalue weighted by Crippen LogP contribution is -2.44. The van der Waals surface area contributed by atoms with Crippen LogP contribution < -0.4 is 11.1 Å². The Labute approximate surface area is 108 Å². The number of Topliss-reactive ketones (excluding diaryl/α,β-unsaturated/α-hetero) is 1. The average Bonchev–Trinajstić information content (AvgIpc) is 2.36. The summed E-state index contributed by atoms with van der Waals surface area (Å²) < 4.78 is 0. The van der Waals surface area contributed by atoms with E-state index in [2.05, 4.69) is 5.32 Å². The molecule has 0 bridgehead atoms. The van der Waals surface area contributed by atoms with E-state index in [4.69, 9.17) is 5.73 Å². The van der Waals surface area contributed by atoms with Crippen LogP contribution in [0, 0.1) is 5.92 Å². The van der Waals surface area contributed by atoms with Crippen molar-refractivity contribution in [3.05, 3.63) is 35.9 Å². The third-order valence-electron chi connectivity index (χ3n) is 2.72. The van der Waals surface area contributed by atoms with Crippen LogP contribution in [-0.2, 0) is 16.0 Å². The van der Waals surface area contributed by atoms with Crippen molar-refractivity contribution in [1.29, 1.82) is 0 Å². The summed E-state index contributed by atoms with van der Waals surface area (Å²) in [5.41, 5.74) is 6.80. The average molecular weight is 248 g/mol. The highest BCUT2D eigenvalue weighted by Crippen LogP contribution is 2.02. The molecule has 0 aliphatic carbocycles. The van der Waals surface area contributed by atoms with Gasteiger partial charge >= 0.3 is 0 Å². The second-order valence-electron chi connectivity index (χ2n) is 4.64. The van der Waals surface area contributed by atoms with Crippen LogP contribution in [0.2, 0.25) is 0 Å². The van der Waals surface area contributed by atoms with E-state index in [1.807, 2.05) is 30.3 Å². The zero-order chi connectivity index (χ0) is 13.5. The molecule has 1 rings (SSSR count). The lowest BCUT2D eigenvalue weighted by atomic mass is 10.1. The number of nitrogens with two attached hydrogens (primary N) is 1. The standard InChI is InChI=1S/C14H20N2O2/c1-10(2)13(17)9-16-14(18)12(15)8-11-6-4-3-5-7-11/h3-7,10,12H,8-9,15H2,1-2H3,(H,16,18)/t12-/m0/s1. The topological polar surface area (TPSA) is 72.2 Å². The number of carbonyl (C=O) groups is 2. The summed E-state index contributed by atoms with van der Waals surface area (Å²) in [7, 11) is 0. The van der Waals surface area contributed by atoms with Crippen LogP contribution in [-0.4, -0.2) is 24.3 Å². The zero-order valence-corrected chi connectivity index (χ0v) is 10.8. The fourth-order valence-corrected chi connectivity index (χ4v) is 1.47. The van der Waals surface area contributed by atoms with Gasteiger partial charge in [0.25, 0.3) is 0 Å². The van der Waals surface area contributed by atoms with Crippen LogP contribution in [0.25, 0.3) is 0 Å². The first-order valence-corrected chi connectivity index (χ1v) is 6.10. The number of ketones is 1. The molecule has 0 saturated carbocycles.